The first kappa shape index (κ1) is 37.3. The van der Waals surface area contributed by atoms with Crippen LogP contribution in [0, 0.1) is 0 Å². The molecule has 0 radical (unpaired) electrons. The second-order valence-corrected chi connectivity index (χ2v) is 17.1. The molecular weight excluding hydrogens is 738 g/mol. The summed E-state index contributed by atoms with van der Waals surface area (Å²) in [5.41, 5.74) is 8.99. The van der Waals surface area contributed by atoms with E-state index in [4.69, 9.17) is 36.0 Å². The van der Waals surface area contributed by atoms with Crippen molar-refractivity contribution in [1.29, 1.82) is 0 Å². The van der Waals surface area contributed by atoms with E-state index in [1.54, 1.807) is 16.7 Å². The number of nitrogens with zero attached hydrogens (tertiary/aromatic N) is 6. The number of fused-ring (bicyclic) bond motifs is 10. The van der Waals surface area contributed by atoms with Crippen molar-refractivity contribution in [2.45, 2.75) is 95.2 Å². The lowest BCUT2D eigenvalue weighted by atomic mass is 9.97. The van der Waals surface area contributed by atoms with Gasteiger partial charge in [0, 0.05) is 65.7 Å². The molecule has 3 aliphatic heterocycles. The van der Waals surface area contributed by atoms with E-state index in [1.165, 1.54) is 12.7 Å². The van der Waals surface area contributed by atoms with Crippen molar-refractivity contribution in [3.05, 3.63) is 75.0 Å². The summed E-state index contributed by atoms with van der Waals surface area (Å²) in [5, 5.41) is 15.0. The predicted molar refractivity (Wildman–Crippen MR) is 214 cm³/mol. The Bertz CT molecular complexity index is 2320. The lowest BCUT2D eigenvalue weighted by Gasteiger charge is -2.27. The number of ether oxygens (including phenoxy) is 3. The van der Waals surface area contributed by atoms with Crippen LogP contribution in [0.3, 0.4) is 0 Å². The molecule has 3 aliphatic rings. The van der Waals surface area contributed by atoms with Crippen molar-refractivity contribution in [1.82, 2.24) is 29.0 Å². The number of esters is 1. The molecule has 1 N–H and O–H groups in total. The summed E-state index contributed by atoms with van der Waals surface area (Å²) in [6.45, 7) is 8.12. The Balaban J connectivity index is 1.30. The van der Waals surface area contributed by atoms with Crippen LogP contribution in [0.1, 0.15) is 84.4 Å². The Kier molecular flexibility index (Phi) is 10.0. The summed E-state index contributed by atoms with van der Waals surface area (Å²) in [7, 11) is 5.25. The number of nitrogens with one attached hydrogen (secondary N) is 1. The van der Waals surface area contributed by atoms with Gasteiger partial charge in [0.2, 0.25) is 0 Å². The van der Waals surface area contributed by atoms with E-state index in [0.717, 1.165) is 99.8 Å². The van der Waals surface area contributed by atoms with Gasteiger partial charge in [-0.15, -0.1) is 11.8 Å². The van der Waals surface area contributed by atoms with Gasteiger partial charge in [-0.3, -0.25) is 14.3 Å². The molecule has 0 atom stereocenters. The maximum atomic E-state index is 14.0. The van der Waals surface area contributed by atoms with E-state index < -0.39 is 17.7 Å². The van der Waals surface area contributed by atoms with Crippen LogP contribution in [0.25, 0.3) is 22.0 Å². The normalized spacial score (nSPS) is 16.1. The molecule has 12 nitrogen and oxygen atoms in total. The van der Waals surface area contributed by atoms with Crippen LogP contribution in [0.5, 0.6) is 5.75 Å². The molecule has 0 fully saturated rings. The van der Waals surface area contributed by atoms with Crippen molar-refractivity contribution in [3.63, 3.8) is 0 Å². The fourth-order valence-electron chi connectivity index (χ4n) is 8.23. The lowest BCUT2D eigenvalue weighted by Crippen LogP contribution is -2.36. The van der Waals surface area contributed by atoms with Gasteiger partial charge >= 0.3 is 12.1 Å². The number of hydrogen-bond donors (Lipinski definition) is 1. The van der Waals surface area contributed by atoms with Crippen LogP contribution in [0.2, 0.25) is 5.02 Å². The van der Waals surface area contributed by atoms with Crippen molar-refractivity contribution >= 4 is 52.0 Å². The maximum Gasteiger partial charge on any atom is 0.410 e. The van der Waals surface area contributed by atoms with Gasteiger partial charge in [0.1, 0.15) is 17.0 Å². The van der Waals surface area contributed by atoms with E-state index in [1.807, 2.05) is 60.9 Å². The number of aryl methyl sites for hydroxylation is 5. The largest absolute Gasteiger partial charge is 0.491 e. The van der Waals surface area contributed by atoms with Crippen LogP contribution in [-0.2, 0) is 68.2 Å². The zero-order valence-corrected chi connectivity index (χ0v) is 34.0. The first-order valence-corrected chi connectivity index (χ1v) is 20.4. The predicted octanol–water partition coefficient (Wildman–Crippen LogP) is 8.07. The van der Waals surface area contributed by atoms with E-state index in [2.05, 4.69) is 23.5 Å². The van der Waals surface area contributed by atoms with Gasteiger partial charge in [-0.05, 0) is 94.7 Å². The van der Waals surface area contributed by atoms with Crippen LogP contribution in [-0.4, -0.2) is 67.0 Å². The maximum absolute atomic E-state index is 14.0. The molecule has 0 spiro atoms. The monoisotopic (exact) mass is 785 g/mol. The van der Waals surface area contributed by atoms with E-state index in [-0.39, 0.29) is 13.1 Å². The van der Waals surface area contributed by atoms with Gasteiger partial charge in [-0.25, -0.2) is 9.59 Å². The molecule has 1 amide bonds. The SMILES string of the molecule is COC(=O)c1c2c3ccc(Cl)c(c3n1C)-c1c(nn3c1CCC3)CN(C(=O)OC(C)(C)C)Cc1cc(n(C)n1)CSc1cc3c(c(c1)OCCC2)NCCC3. The third kappa shape index (κ3) is 7.17. The Morgan fingerprint density at radius 1 is 1.00 bits per heavy atom. The topological polar surface area (TPSA) is 118 Å². The van der Waals surface area contributed by atoms with Crippen LogP contribution in [0.15, 0.2) is 35.2 Å². The molecule has 55 heavy (non-hydrogen) atoms. The second kappa shape index (κ2) is 14.8. The minimum absolute atomic E-state index is 0.169. The Morgan fingerprint density at radius 3 is 2.64 bits per heavy atom. The molecule has 5 aromatic rings. The minimum atomic E-state index is -0.713. The third-order valence-electron chi connectivity index (χ3n) is 10.6. The number of rotatable bonds is 1. The molecular formula is C41H48ClN7O5S. The van der Waals surface area contributed by atoms with Crippen molar-refractivity contribution in [2.75, 3.05) is 25.6 Å². The number of aromatic nitrogens is 5. The first-order valence-electron chi connectivity index (χ1n) is 19.0. The molecule has 8 bridgehead atoms. The highest BCUT2D eigenvalue weighted by atomic mass is 35.5. The number of amides is 1. The molecule has 0 saturated carbocycles. The van der Waals surface area contributed by atoms with Gasteiger partial charge in [0.05, 0.1) is 54.4 Å². The van der Waals surface area contributed by atoms with Gasteiger partial charge in [-0.1, -0.05) is 17.7 Å². The number of anilines is 1. The minimum Gasteiger partial charge on any atom is -0.491 e. The van der Waals surface area contributed by atoms with E-state index in [0.29, 0.717) is 41.6 Å². The summed E-state index contributed by atoms with van der Waals surface area (Å²) in [5.74, 6) is 1.11. The van der Waals surface area contributed by atoms with Gasteiger partial charge in [-0.2, -0.15) is 10.2 Å². The average molecular weight is 786 g/mol. The third-order valence-corrected chi connectivity index (χ3v) is 11.9. The molecule has 290 valence electrons. The zero-order chi connectivity index (χ0) is 38.6. The summed E-state index contributed by atoms with van der Waals surface area (Å²) in [4.78, 5) is 30.4. The first-order chi connectivity index (χ1) is 26.4. The summed E-state index contributed by atoms with van der Waals surface area (Å²) in [6, 6.07) is 10.3. The molecule has 0 aliphatic carbocycles. The van der Waals surface area contributed by atoms with Crippen LogP contribution in [0.4, 0.5) is 10.5 Å². The molecule has 8 rings (SSSR count). The van der Waals surface area contributed by atoms with E-state index >= 15 is 0 Å². The number of thioether (sulfide) groups is 1. The number of methoxy groups -OCH3 is 1. The smallest absolute Gasteiger partial charge is 0.410 e. The van der Waals surface area contributed by atoms with Crippen LogP contribution < -0.4 is 10.1 Å². The Hall–Kier alpha value is -4.62. The van der Waals surface area contributed by atoms with Crippen molar-refractivity contribution < 1.29 is 23.8 Å². The number of carbonyl (C=O) groups is 2. The number of carbonyl (C=O) groups excluding carboxylic acids is 2. The molecule has 0 unspecified atom stereocenters. The number of halogens is 1. The molecule has 2 aromatic carbocycles. The number of hydrogen-bond acceptors (Lipinski definition) is 9. The van der Waals surface area contributed by atoms with Crippen molar-refractivity contribution in [2.24, 2.45) is 14.1 Å². The molecule has 6 heterocycles. The molecule has 3 aromatic heterocycles. The molecule has 0 saturated heterocycles. The zero-order valence-electron chi connectivity index (χ0n) is 32.4. The average Bonchev–Trinajstić information content (AvgIpc) is 3.89. The quantitative estimate of drug-likeness (QED) is 0.168. The summed E-state index contributed by atoms with van der Waals surface area (Å²) in [6.07, 6.45) is 4.59. The highest BCUT2D eigenvalue weighted by Crippen LogP contribution is 2.44. The fraction of sp³-hybridized carbons (Fsp3) is 0.463. The highest BCUT2D eigenvalue weighted by Gasteiger charge is 2.33. The Morgan fingerprint density at radius 2 is 1.84 bits per heavy atom. The number of benzene rings is 2. The molecule has 14 heteroatoms. The van der Waals surface area contributed by atoms with Gasteiger partial charge < -0.3 is 24.1 Å². The Labute approximate surface area is 330 Å². The van der Waals surface area contributed by atoms with E-state index in [9.17, 15) is 9.59 Å². The van der Waals surface area contributed by atoms with Crippen LogP contribution >= 0.6 is 23.4 Å². The second-order valence-electron chi connectivity index (χ2n) is 15.6. The lowest BCUT2D eigenvalue weighted by molar-refractivity contribution is 0.0211. The standard InChI is InChI=1S/C41H48ClN7O5S/c1-41(2,3)54-40(51)48-21-25-19-26(47(5)44-25)23-55-27-18-24-10-7-15-43-36(24)33(20-27)53-17-9-11-28-29-13-14-30(42)34(37(29)46(4)38(28)39(50)52-6)35-31(22-48)45-49-16-8-12-32(35)49/h13-14,18-20,43H,7-12,15-17,21-23H2,1-6H3. The highest BCUT2D eigenvalue weighted by molar-refractivity contribution is 7.98. The van der Waals surface area contributed by atoms with Gasteiger partial charge in [0.15, 0.2) is 0 Å². The summed E-state index contributed by atoms with van der Waals surface area (Å²) >= 11 is 8.95. The van der Waals surface area contributed by atoms with Gasteiger partial charge in [0.25, 0.3) is 0 Å². The summed E-state index contributed by atoms with van der Waals surface area (Å²) < 4.78 is 23.8. The van der Waals surface area contributed by atoms with Crippen molar-refractivity contribution in [3.8, 4) is 16.9 Å². The fourth-order valence-corrected chi connectivity index (χ4v) is 9.47.